The van der Waals surface area contributed by atoms with Crippen molar-refractivity contribution >= 4 is 11.9 Å². The molecule has 1 heterocycles. The van der Waals surface area contributed by atoms with Crippen LogP contribution in [0.4, 0.5) is 0 Å². The van der Waals surface area contributed by atoms with Crippen LogP contribution >= 0.6 is 0 Å². The lowest BCUT2D eigenvalue weighted by atomic mass is 10.1. The first-order chi connectivity index (χ1) is 13.6. The van der Waals surface area contributed by atoms with E-state index in [1.54, 1.807) is 49.4 Å². The van der Waals surface area contributed by atoms with E-state index in [-0.39, 0.29) is 12.3 Å². The number of esters is 2. The molecular weight excluding hydrogens is 362 g/mol. The molecule has 1 aromatic heterocycles. The fourth-order valence-corrected chi connectivity index (χ4v) is 2.56. The Hall–Kier alpha value is -3.68. The molecule has 2 aromatic carbocycles. The van der Waals surface area contributed by atoms with Gasteiger partial charge in [0, 0.05) is 5.56 Å². The first kappa shape index (κ1) is 19.1. The Labute approximate surface area is 161 Å². The normalized spacial score (nSPS) is 10.4. The van der Waals surface area contributed by atoms with Crippen LogP contribution in [-0.2, 0) is 16.1 Å². The van der Waals surface area contributed by atoms with Crippen molar-refractivity contribution in [2.24, 2.45) is 0 Å². The van der Waals surface area contributed by atoms with E-state index >= 15 is 0 Å². The van der Waals surface area contributed by atoms with Crippen molar-refractivity contribution in [1.29, 1.82) is 0 Å². The lowest BCUT2D eigenvalue weighted by molar-refractivity contribution is 0.0519. The maximum absolute atomic E-state index is 11.9. The van der Waals surface area contributed by atoms with Gasteiger partial charge >= 0.3 is 11.9 Å². The van der Waals surface area contributed by atoms with E-state index in [1.165, 1.54) is 7.11 Å². The van der Waals surface area contributed by atoms with Crippen molar-refractivity contribution in [1.82, 2.24) is 15.4 Å². The molecule has 0 aliphatic rings. The van der Waals surface area contributed by atoms with E-state index in [2.05, 4.69) is 15.4 Å². The summed E-state index contributed by atoms with van der Waals surface area (Å²) in [5.74, 6) is -0.290. The summed E-state index contributed by atoms with van der Waals surface area (Å²) in [5.41, 5.74) is 2.56. The zero-order valence-electron chi connectivity index (χ0n) is 15.5. The summed E-state index contributed by atoms with van der Waals surface area (Å²) in [4.78, 5) is 23.5. The van der Waals surface area contributed by atoms with E-state index in [0.717, 1.165) is 5.56 Å². The van der Waals surface area contributed by atoms with Crippen LogP contribution in [0.5, 0.6) is 5.75 Å². The zero-order valence-corrected chi connectivity index (χ0v) is 15.5. The fraction of sp³-hybridized carbons (Fsp3) is 0.200. The van der Waals surface area contributed by atoms with Gasteiger partial charge in [-0.25, -0.2) is 9.59 Å². The van der Waals surface area contributed by atoms with Crippen LogP contribution in [0.25, 0.3) is 11.3 Å². The van der Waals surface area contributed by atoms with Crippen LogP contribution in [0, 0.1) is 0 Å². The summed E-state index contributed by atoms with van der Waals surface area (Å²) < 4.78 is 15.5. The van der Waals surface area contributed by atoms with Gasteiger partial charge in [0.2, 0.25) is 0 Å². The Morgan fingerprint density at radius 2 is 1.82 bits per heavy atom. The fourth-order valence-electron chi connectivity index (χ4n) is 2.56. The molecule has 0 aliphatic heterocycles. The molecule has 8 nitrogen and oxygen atoms in total. The third-order valence-corrected chi connectivity index (χ3v) is 3.90. The first-order valence-corrected chi connectivity index (χ1v) is 8.60. The van der Waals surface area contributed by atoms with Crippen LogP contribution in [0.1, 0.15) is 33.3 Å². The molecule has 0 bridgehead atoms. The number of carbonyl (C=O) groups excluding carboxylic acids is 2. The maximum atomic E-state index is 11.9. The molecule has 0 saturated carbocycles. The number of ether oxygens (including phenoxy) is 3. The SMILES string of the molecule is CCOC(=O)c1n[nH]nc1-c1ccc(OCc2cccc(C(=O)OC)c2)cc1. The number of nitrogens with one attached hydrogen (secondary N) is 1. The molecule has 3 rings (SSSR count). The van der Waals surface area contributed by atoms with E-state index in [4.69, 9.17) is 14.2 Å². The number of rotatable bonds is 7. The predicted molar refractivity (Wildman–Crippen MR) is 99.9 cm³/mol. The quantitative estimate of drug-likeness (QED) is 0.627. The second-order valence-corrected chi connectivity index (χ2v) is 5.75. The molecule has 0 atom stereocenters. The zero-order chi connectivity index (χ0) is 19.9. The van der Waals surface area contributed by atoms with Crippen molar-refractivity contribution in [2.75, 3.05) is 13.7 Å². The number of methoxy groups -OCH3 is 1. The number of benzene rings is 2. The molecule has 8 heteroatoms. The number of hydrogen-bond acceptors (Lipinski definition) is 7. The third kappa shape index (κ3) is 4.35. The molecular formula is C20H19N3O5. The topological polar surface area (TPSA) is 103 Å². The molecule has 144 valence electrons. The highest BCUT2D eigenvalue weighted by Gasteiger charge is 2.18. The van der Waals surface area contributed by atoms with E-state index < -0.39 is 11.9 Å². The lowest BCUT2D eigenvalue weighted by Crippen LogP contribution is -2.06. The van der Waals surface area contributed by atoms with Gasteiger partial charge in [0.25, 0.3) is 0 Å². The van der Waals surface area contributed by atoms with Gasteiger partial charge < -0.3 is 14.2 Å². The van der Waals surface area contributed by atoms with E-state index in [1.807, 2.05) is 6.07 Å². The van der Waals surface area contributed by atoms with E-state index in [0.29, 0.717) is 29.2 Å². The average Bonchev–Trinajstić information content (AvgIpc) is 3.22. The minimum Gasteiger partial charge on any atom is -0.489 e. The minimum atomic E-state index is -0.530. The smallest absolute Gasteiger partial charge is 0.361 e. The second kappa shape index (κ2) is 8.81. The number of aromatic amines is 1. The van der Waals surface area contributed by atoms with Gasteiger partial charge in [-0.3, -0.25) is 0 Å². The Bertz CT molecular complexity index is 966. The summed E-state index contributed by atoms with van der Waals surface area (Å²) in [6.45, 7) is 2.28. The van der Waals surface area contributed by atoms with Crippen molar-refractivity contribution in [2.45, 2.75) is 13.5 Å². The number of H-pyrrole nitrogens is 1. The molecule has 0 saturated heterocycles. The average molecular weight is 381 g/mol. The van der Waals surface area contributed by atoms with Gasteiger partial charge in [-0.1, -0.05) is 12.1 Å². The lowest BCUT2D eigenvalue weighted by Gasteiger charge is -2.08. The molecule has 0 fully saturated rings. The molecule has 0 amide bonds. The largest absolute Gasteiger partial charge is 0.489 e. The Balaban J connectivity index is 1.68. The Kier molecular flexibility index (Phi) is 6.01. The molecule has 0 radical (unpaired) electrons. The number of hydrogen-bond donors (Lipinski definition) is 1. The number of carbonyl (C=O) groups is 2. The summed E-state index contributed by atoms with van der Waals surface area (Å²) in [6, 6.07) is 14.1. The van der Waals surface area contributed by atoms with Gasteiger partial charge in [-0.05, 0) is 48.9 Å². The Morgan fingerprint density at radius 3 is 2.54 bits per heavy atom. The van der Waals surface area contributed by atoms with Crippen molar-refractivity contribution in [3.63, 3.8) is 0 Å². The molecule has 0 unspecified atom stereocenters. The van der Waals surface area contributed by atoms with Crippen LogP contribution in [-0.4, -0.2) is 41.1 Å². The van der Waals surface area contributed by atoms with E-state index in [9.17, 15) is 9.59 Å². The van der Waals surface area contributed by atoms with Crippen LogP contribution < -0.4 is 4.74 Å². The van der Waals surface area contributed by atoms with Gasteiger partial charge in [-0.2, -0.15) is 10.3 Å². The standard InChI is InChI=1S/C20H19N3O5/c1-3-27-20(25)18-17(21-23-22-18)14-7-9-16(10-8-14)28-12-13-5-4-6-15(11-13)19(24)26-2/h4-11H,3,12H2,1-2H3,(H,21,22,23). The summed E-state index contributed by atoms with van der Waals surface area (Å²) in [7, 11) is 1.34. The highest BCUT2D eigenvalue weighted by molar-refractivity contribution is 5.93. The first-order valence-electron chi connectivity index (χ1n) is 8.60. The molecule has 3 aromatic rings. The summed E-state index contributed by atoms with van der Waals surface area (Å²) >= 11 is 0. The van der Waals surface area contributed by atoms with Crippen molar-refractivity contribution < 1.29 is 23.8 Å². The Morgan fingerprint density at radius 1 is 1.04 bits per heavy atom. The van der Waals surface area contributed by atoms with Gasteiger partial charge in [0.05, 0.1) is 19.3 Å². The maximum Gasteiger partial charge on any atom is 0.361 e. The molecule has 0 aliphatic carbocycles. The second-order valence-electron chi connectivity index (χ2n) is 5.75. The minimum absolute atomic E-state index is 0.134. The number of nitrogens with zero attached hydrogens (tertiary/aromatic N) is 2. The summed E-state index contributed by atoms with van der Waals surface area (Å²) in [5, 5.41) is 10.3. The van der Waals surface area contributed by atoms with Gasteiger partial charge in [0.1, 0.15) is 18.1 Å². The summed E-state index contributed by atoms with van der Waals surface area (Å²) in [6.07, 6.45) is 0. The highest BCUT2D eigenvalue weighted by atomic mass is 16.5. The van der Waals surface area contributed by atoms with Crippen molar-refractivity contribution in [3.8, 4) is 17.0 Å². The molecule has 1 N–H and O–H groups in total. The van der Waals surface area contributed by atoms with Crippen molar-refractivity contribution in [3.05, 3.63) is 65.4 Å². The monoisotopic (exact) mass is 381 g/mol. The van der Waals surface area contributed by atoms with Gasteiger partial charge in [-0.15, -0.1) is 5.10 Å². The molecule has 0 spiro atoms. The van der Waals surface area contributed by atoms with Crippen LogP contribution in [0.2, 0.25) is 0 Å². The van der Waals surface area contributed by atoms with Gasteiger partial charge in [0.15, 0.2) is 5.69 Å². The highest BCUT2D eigenvalue weighted by Crippen LogP contribution is 2.23. The third-order valence-electron chi connectivity index (χ3n) is 3.90. The predicted octanol–water partition coefficient (Wildman–Crippen LogP) is 3.01. The molecule has 28 heavy (non-hydrogen) atoms. The van der Waals surface area contributed by atoms with Crippen LogP contribution in [0.3, 0.4) is 0 Å². The number of aromatic nitrogens is 3. The van der Waals surface area contributed by atoms with Crippen LogP contribution in [0.15, 0.2) is 48.5 Å².